The molecule has 2 aliphatic heterocycles. The molecule has 2 aromatic carbocycles. The zero-order valence-corrected chi connectivity index (χ0v) is 17.3. The lowest BCUT2D eigenvalue weighted by Crippen LogP contribution is -2.45. The Morgan fingerprint density at radius 3 is 2.63 bits per heavy atom. The molecule has 2 saturated heterocycles. The number of piperidine rings is 1. The lowest BCUT2D eigenvalue weighted by atomic mass is 9.88. The van der Waals surface area contributed by atoms with Crippen LogP contribution in [0.2, 0.25) is 0 Å². The fraction of sp³-hybridized carbons (Fsp3) is 0.458. The Kier molecular flexibility index (Phi) is 6.16. The second-order valence-corrected chi connectivity index (χ2v) is 8.50. The van der Waals surface area contributed by atoms with Crippen molar-refractivity contribution in [3.05, 3.63) is 70.8 Å². The van der Waals surface area contributed by atoms with Crippen molar-refractivity contribution < 1.29 is 18.3 Å². The van der Waals surface area contributed by atoms with E-state index in [0.29, 0.717) is 6.54 Å². The van der Waals surface area contributed by atoms with Gasteiger partial charge in [0, 0.05) is 31.7 Å². The van der Waals surface area contributed by atoms with Crippen LogP contribution in [-0.2, 0) is 11.3 Å². The molecule has 1 spiro atoms. The van der Waals surface area contributed by atoms with E-state index in [1.54, 1.807) is 0 Å². The minimum Gasteiger partial charge on any atom is -0.370 e. The highest BCUT2D eigenvalue weighted by Gasteiger charge is 2.42. The molecule has 2 fully saturated rings. The number of halogens is 2. The van der Waals surface area contributed by atoms with E-state index in [1.165, 1.54) is 17.2 Å². The predicted octanol–water partition coefficient (Wildman–Crippen LogP) is 4.22. The molecule has 30 heavy (non-hydrogen) atoms. The van der Waals surface area contributed by atoms with Crippen LogP contribution >= 0.6 is 0 Å². The van der Waals surface area contributed by atoms with Gasteiger partial charge in [-0.3, -0.25) is 9.69 Å². The van der Waals surface area contributed by atoms with Crippen molar-refractivity contribution >= 4 is 5.91 Å². The van der Waals surface area contributed by atoms with E-state index in [9.17, 15) is 13.6 Å². The average molecular weight is 414 g/mol. The summed E-state index contributed by atoms with van der Waals surface area (Å²) in [7, 11) is 0. The van der Waals surface area contributed by atoms with Crippen LogP contribution in [0.25, 0.3) is 0 Å². The molecule has 2 aliphatic rings. The van der Waals surface area contributed by atoms with E-state index in [1.807, 2.05) is 0 Å². The van der Waals surface area contributed by atoms with Gasteiger partial charge in [-0.1, -0.05) is 24.3 Å². The first-order chi connectivity index (χ1) is 14.4. The number of hydrogen-bond acceptors (Lipinski definition) is 3. The van der Waals surface area contributed by atoms with Crippen LogP contribution in [0.15, 0.2) is 42.5 Å². The van der Waals surface area contributed by atoms with Gasteiger partial charge in [-0.2, -0.15) is 0 Å². The Balaban J connectivity index is 1.25. The van der Waals surface area contributed by atoms with Crippen LogP contribution in [0.5, 0.6) is 0 Å². The summed E-state index contributed by atoms with van der Waals surface area (Å²) in [4.78, 5) is 14.7. The maximum Gasteiger partial charge on any atom is 0.251 e. The first-order valence-corrected chi connectivity index (χ1v) is 10.6. The lowest BCUT2D eigenvalue weighted by molar-refractivity contribution is -0.0764. The molecule has 0 saturated carbocycles. The number of carbonyl (C=O) groups is 1. The molecule has 6 heteroatoms. The number of nitrogens with zero attached hydrogens (tertiary/aromatic N) is 1. The molecule has 1 N–H and O–H groups in total. The van der Waals surface area contributed by atoms with Gasteiger partial charge in [0.05, 0.1) is 11.7 Å². The van der Waals surface area contributed by atoms with Gasteiger partial charge in [0.25, 0.3) is 5.91 Å². The average Bonchev–Trinajstić information content (AvgIpc) is 3.14. The minimum absolute atomic E-state index is 0.0397. The Bertz CT molecular complexity index is 910. The van der Waals surface area contributed by atoms with Crippen LogP contribution in [-0.4, -0.2) is 42.1 Å². The van der Waals surface area contributed by atoms with E-state index in [4.69, 9.17) is 4.74 Å². The maximum atomic E-state index is 13.3. The third-order valence-electron chi connectivity index (χ3n) is 6.43. The first kappa shape index (κ1) is 20.9. The fourth-order valence-corrected chi connectivity index (χ4v) is 4.50. The maximum absolute atomic E-state index is 13.3. The highest BCUT2D eigenvalue weighted by atomic mass is 19.2. The Labute approximate surface area is 176 Å². The van der Waals surface area contributed by atoms with Crippen molar-refractivity contribution in [2.75, 3.05) is 19.6 Å². The molecule has 2 heterocycles. The standard InChI is InChI=1S/C24H28F2N2O2/c1-17-4-2-3-5-19(17)16-28-12-10-24(11-13-28)9-8-20(30-24)15-27-23(29)18-6-7-21(25)22(26)14-18/h2-7,14,20H,8-13,15-16H2,1H3,(H,27,29). The molecular formula is C24H28F2N2O2. The SMILES string of the molecule is Cc1ccccc1CN1CCC2(CCC(CNC(=O)c3ccc(F)c(F)c3)O2)CC1. The van der Waals surface area contributed by atoms with E-state index in [-0.39, 0.29) is 17.3 Å². The molecule has 0 bridgehead atoms. The summed E-state index contributed by atoms with van der Waals surface area (Å²) in [6.45, 7) is 5.51. The van der Waals surface area contributed by atoms with Crippen molar-refractivity contribution in [2.24, 2.45) is 0 Å². The van der Waals surface area contributed by atoms with Crippen molar-refractivity contribution in [2.45, 2.75) is 50.9 Å². The van der Waals surface area contributed by atoms with Gasteiger partial charge in [0.2, 0.25) is 0 Å². The molecule has 1 unspecified atom stereocenters. The van der Waals surface area contributed by atoms with E-state index >= 15 is 0 Å². The van der Waals surface area contributed by atoms with Crippen molar-refractivity contribution in [3.63, 3.8) is 0 Å². The fourth-order valence-electron chi connectivity index (χ4n) is 4.50. The summed E-state index contributed by atoms with van der Waals surface area (Å²) >= 11 is 0. The molecule has 0 aromatic heterocycles. The first-order valence-electron chi connectivity index (χ1n) is 10.6. The summed E-state index contributed by atoms with van der Waals surface area (Å²) in [5.74, 6) is -2.39. The molecule has 1 amide bonds. The molecule has 4 nitrogen and oxygen atoms in total. The number of amides is 1. The molecule has 1 atom stereocenters. The Hall–Kier alpha value is -2.31. The summed E-state index contributed by atoms with van der Waals surface area (Å²) in [6, 6.07) is 11.7. The van der Waals surface area contributed by atoms with Gasteiger partial charge in [-0.25, -0.2) is 8.78 Å². The van der Waals surface area contributed by atoms with E-state index in [2.05, 4.69) is 41.4 Å². The highest BCUT2D eigenvalue weighted by molar-refractivity contribution is 5.94. The second kappa shape index (κ2) is 8.82. The van der Waals surface area contributed by atoms with Gasteiger partial charge in [0.15, 0.2) is 11.6 Å². The summed E-state index contributed by atoms with van der Waals surface area (Å²) in [5.41, 5.74) is 2.72. The minimum atomic E-state index is -1.02. The predicted molar refractivity (Wildman–Crippen MR) is 111 cm³/mol. The number of ether oxygens (including phenoxy) is 1. The van der Waals surface area contributed by atoms with Crippen LogP contribution < -0.4 is 5.32 Å². The van der Waals surface area contributed by atoms with Crippen LogP contribution in [0.3, 0.4) is 0 Å². The third-order valence-corrected chi connectivity index (χ3v) is 6.43. The largest absolute Gasteiger partial charge is 0.370 e. The van der Waals surface area contributed by atoms with E-state index < -0.39 is 17.5 Å². The molecule has 0 radical (unpaired) electrons. The zero-order valence-electron chi connectivity index (χ0n) is 17.3. The van der Waals surface area contributed by atoms with Crippen molar-refractivity contribution in [3.8, 4) is 0 Å². The third kappa shape index (κ3) is 4.71. The number of aryl methyl sites for hydroxylation is 1. The van der Waals surface area contributed by atoms with Crippen LogP contribution in [0.4, 0.5) is 8.78 Å². The number of benzene rings is 2. The zero-order chi connectivity index (χ0) is 21.1. The van der Waals surface area contributed by atoms with Crippen molar-refractivity contribution in [1.29, 1.82) is 0 Å². The number of hydrogen-bond donors (Lipinski definition) is 1. The number of nitrogens with one attached hydrogen (secondary N) is 1. The second-order valence-electron chi connectivity index (χ2n) is 8.50. The van der Waals surface area contributed by atoms with Crippen LogP contribution in [0.1, 0.15) is 47.2 Å². The Morgan fingerprint density at radius 1 is 1.13 bits per heavy atom. The molecule has 4 rings (SSSR count). The van der Waals surface area contributed by atoms with Crippen molar-refractivity contribution in [1.82, 2.24) is 10.2 Å². The van der Waals surface area contributed by atoms with Gasteiger partial charge < -0.3 is 10.1 Å². The van der Waals surface area contributed by atoms with E-state index in [0.717, 1.165) is 57.5 Å². The molecule has 2 aromatic rings. The summed E-state index contributed by atoms with van der Waals surface area (Å²) < 4.78 is 32.7. The molecular weight excluding hydrogens is 386 g/mol. The normalized spacial score (nSPS) is 21.1. The van der Waals surface area contributed by atoms with Gasteiger partial charge in [-0.05, 0) is 61.9 Å². The molecule has 160 valence electrons. The Morgan fingerprint density at radius 2 is 1.90 bits per heavy atom. The summed E-state index contributed by atoms with van der Waals surface area (Å²) in [6.07, 6.45) is 3.84. The highest BCUT2D eigenvalue weighted by Crippen LogP contribution is 2.39. The van der Waals surface area contributed by atoms with Gasteiger partial charge in [-0.15, -0.1) is 0 Å². The van der Waals surface area contributed by atoms with Crippen LogP contribution in [0, 0.1) is 18.6 Å². The number of carbonyl (C=O) groups excluding carboxylic acids is 1. The molecule has 0 aliphatic carbocycles. The topological polar surface area (TPSA) is 41.6 Å². The summed E-state index contributed by atoms with van der Waals surface area (Å²) in [5, 5.41) is 2.79. The monoisotopic (exact) mass is 414 g/mol. The van der Waals surface area contributed by atoms with Gasteiger partial charge >= 0.3 is 0 Å². The lowest BCUT2D eigenvalue weighted by Gasteiger charge is -2.39. The smallest absolute Gasteiger partial charge is 0.251 e. The quantitative estimate of drug-likeness (QED) is 0.797. The number of rotatable bonds is 5. The van der Waals surface area contributed by atoms with Gasteiger partial charge in [0.1, 0.15) is 0 Å². The number of likely N-dealkylation sites (tertiary alicyclic amines) is 1.